The van der Waals surface area contributed by atoms with Crippen LogP contribution in [-0.4, -0.2) is 89.2 Å². The summed E-state index contributed by atoms with van der Waals surface area (Å²) in [5.74, 6) is -4.60. The van der Waals surface area contributed by atoms with E-state index in [1.807, 2.05) is 43.3 Å². The van der Waals surface area contributed by atoms with E-state index in [9.17, 15) is 33.6 Å². The summed E-state index contributed by atoms with van der Waals surface area (Å²) in [6, 6.07) is 29.1. The van der Waals surface area contributed by atoms with Gasteiger partial charge < -0.3 is 46.4 Å². The Bertz CT molecular complexity index is 2340. The quantitative estimate of drug-likeness (QED) is 0.0521. The molecule has 5 rings (SSSR count). The Balaban J connectivity index is 1.35. The zero-order chi connectivity index (χ0) is 45.8. The Kier molecular flexibility index (Phi) is 18.0. The minimum Gasteiger partial charge on any atom is -0.461 e. The highest BCUT2D eigenvalue weighted by Crippen LogP contribution is 2.21. The van der Waals surface area contributed by atoms with Gasteiger partial charge in [-0.15, -0.1) is 0 Å². The van der Waals surface area contributed by atoms with Gasteiger partial charge in [0, 0.05) is 37.0 Å². The van der Waals surface area contributed by atoms with Crippen LogP contribution in [0.4, 0.5) is 4.79 Å². The summed E-state index contributed by atoms with van der Waals surface area (Å²) < 4.78 is 10.7. The van der Waals surface area contributed by atoms with Crippen molar-refractivity contribution in [3.05, 3.63) is 144 Å². The lowest BCUT2D eigenvalue weighted by molar-refractivity contribution is -0.148. The Morgan fingerprint density at radius 3 is 1.88 bits per heavy atom. The van der Waals surface area contributed by atoms with Crippen LogP contribution < -0.4 is 27.0 Å². The molecule has 0 spiro atoms. The van der Waals surface area contributed by atoms with Crippen LogP contribution >= 0.6 is 0 Å². The number of nitrogens with zero attached hydrogens (tertiary/aromatic N) is 1. The van der Waals surface area contributed by atoms with E-state index in [0.29, 0.717) is 29.5 Å². The molecule has 64 heavy (non-hydrogen) atoms. The number of H-pyrrole nitrogens is 1. The van der Waals surface area contributed by atoms with Crippen molar-refractivity contribution in [2.24, 2.45) is 5.73 Å². The normalized spacial score (nSPS) is 12.7. The number of ether oxygens (including phenoxy) is 2. The molecule has 16 nitrogen and oxygen atoms in total. The zero-order valence-corrected chi connectivity index (χ0v) is 35.9. The van der Waals surface area contributed by atoms with Gasteiger partial charge in [-0.25, -0.2) is 4.79 Å². The minimum atomic E-state index is -1.55. The molecule has 0 aliphatic rings. The molecule has 4 atom stereocenters. The lowest BCUT2D eigenvalue weighted by Crippen LogP contribution is -2.59. The molecular formula is C48H55N7O9. The number of carbonyl (C=O) groups is 7. The SMILES string of the molecule is CCCC[C@@H](C(=O)N[C@@H](CC(=O)OCc1ccccc1)C(=O)N[C@@H](Cc1ccccc1)C(N)=O)N(C)C(=O)[C@H](Cc1c[nH]c2ccccc12)NC(=O)CNC(=O)OCc1ccccc1. The van der Waals surface area contributed by atoms with Gasteiger partial charge in [-0.2, -0.15) is 0 Å². The van der Waals surface area contributed by atoms with Crippen LogP contribution in [-0.2, 0) is 64.3 Å². The Labute approximate surface area is 371 Å². The second-order valence-corrected chi connectivity index (χ2v) is 15.3. The average molecular weight is 874 g/mol. The summed E-state index contributed by atoms with van der Waals surface area (Å²) in [5.41, 5.74) is 9.37. The molecular weight excluding hydrogens is 819 g/mol. The molecule has 7 N–H and O–H groups in total. The fourth-order valence-corrected chi connectivity index (χ4v) is 6.98. The molecule has 336 valence electrons. The van der Waals surface area contributed by atoms with Crippen molar-refractivity contribution in [3.63, 3.8) is 0 Å². The number of hydrogen-bond acceptors (Lipinski definition) is 9. The number of esters is 1. The molecule has 0 saturated carbocycles. The number of carbonyl (C=O) groups excluding carboxylic acids is 7. The molecule has 0 aliphatic heterocycles. The summed E-state index contributed by atoms with van der Waals surface area (Å²) in [6.45, 7) is 1.29. The predicted molar refractivity (Wildman–Crippen MR) is 239 cm³/mol. The number of alkyl carbamates (subject to hydrolysis) is 1. The Morgan fingerprint density at radius 2 is 1.25 bits per heavy atom. The van der Waals surface area contributed by atoms with Crippen LogP contribution in [0, 0.1) is 0 Å². The van der Waals surface area contributed by atoms with Gasteiger partial charge in [-0.3, -0.25) is 28.8 Å². The maximum Gasteiger partial charge on any atom is 0.407 e. The molecule has 0 unspecified atom stereocenters. The van der Waals surface area contributed by atoms with Gasteiger partial charge in [-0.05, 0) is 34.7 Å². The lowest BCUT2D eigenvalue weighted by atomic mass is 10.0. The van der Waals surface area contributed by atoms with Gasteiger partial charge in [-0.1, -0.05) is 129 Å². The lowest BCUT2D eigenvalue weighted by Gasteiger charge is -2.32. The monoisotopic (exact) mass is 873 g/mol. The van der Waals surface area contributed by atoms with Gasteiger partial charge in [0.25, 0.3) is 0 Å². The number of likely N-dealkylation sites (N-methyl/N-ethyl adjacent to an activating group) is 1. The fourth-order valence-electron chi connectivity index (χ4n) is 6.98. The first-order valence-corrected chi connectivity index (χ1v) is 21.1. The smallest absolute Gasteiger partial charge is 0.407 e. The maximum atomic E-state index is 14.6. The molecule has 16 heteroatoms. The molecule has 1 aromatic heterocycles. The summed E-state index contributed by atoms with van der Waals surface area (Å²) >= 11 is 0. The molecule has 0 radical (unpaired) electrons. The van der Waals surface area contributed by atoms with Crippen molar-refractivity contribution in [2.75, 3.05) is 13.6 Å². The highest BCUT2D eigenvalue weighted by atomic mass is 16.5. The van der Waals surface area contributed by atoms with Crippen LogP contribution in [0.5, 0.6) is 0 Å². The number of benzene rings is 4. The first-order valence-electron chi connectivity index (χ1n) is 21.1. The summed E-state index contributed by atoms with van der Waals surface area (Å²) in [7, 11) is 1.42. The van der Waals surface area contributed by atoms with Gasteiger partial charge >= 0.3 is 12.1 Å². The molecule has 5 aromatic rings. The van der Waals surface area contributed by atoms with Gasteiger partial charge in [0.2, 0.25) is 29.5 Å². The molecule has 0 bridgehead atoms. The van der Waals surface area contributed by atoms with Gasteiger partial charge in [0.05, 0.1) is 6.42 Å². The molecule has 0 aliphatic carbocycles. The molecule has 0 saturated heterocycles. The first kappa shape index (κ1) is 47.6. The van der Waals surface area contributed by atoms with Crippen molar-refractivity contribution in [2.45, 2.75) is 82.8 Å². The van der Waals surface area contributed by atoms with Crippen molar-refractivity contribution in [1.82, 2.24) is 31.2 Å². The Hall–Kier alpha value is -7.49. The molecule has 6 amide bonds. The molecule has 4 aromatic carbocycles. The second-order valence-electron chi connectivity index (χ2n) is 15.3. The minimum absolute atomic E-state index is 0.00764. The van der Waals surface area contributed by atoms with E-state index in [-0.39, 0.29) is 32.5 Å². The number of nitrogens with two attached hydrogens (primary N) is 1. The summed E-state index contributed by atoms with van der Waals surface area (Å²) in [4.78, 5) is 99.0. The topological polar surface area (TPSA) is 231 Å². The number of fused-ring (bicyclic) bond motifs is 1. The highest BCUT2D eigenvalue weighted by Gasteiger charge is 2.36. The predicted octanol–water partition coefficient (Wildman–Crippen LogP) is 3.97. The number of para-hydroxylation sites is 1. The third-order valence-electron chi connectivity index (χ3n) is 10.5. The van der Waals surface area contributed by atoms with E-state index in [1.165, 1.54) is 11.9 Å². The van der Waals surface area contributed by atoms with E-state index >= 15 is 0 Å². The molecule has 0 fully saturated rings. The van der Waals surface area contributed by atoms with Gasteiger partial charge in [0.15, 0.2) is 0 Å². The number of aromatic nitrogens is 1. The summed E-state index contributed by atoms with van der Waals surface area (Å²) in [5, 5.41) is 11.2. The fraction of sp³-hybridized carbons (Fsp3) is 0.312. The average Bonchev–Trinajstić information content (AvgIpc) is 3.72. The van der Waals surface area contributed by atoms with Crippen molar-refractivity contribution >= 4 is 52.5 Å². The van der Waals surface area contributed by atoms with Crippen LogP contribution in [0.3, 0.4) is 0 Å². The standard InChI is InChI=1S/C48H55N7O9/c1-3-4-24-41(46(60)54-39(27-43(57)63-30-33-18-10-6-11-19-33)45(59)53-38(44(49)58)25-32-16-8-5-9-17-32)55(2)47(61)40(26-35-28-50-37-23-15-14-22-36(35)37)52-42(56)29-51-48(62)64-31-34-20-12-7-13-21-34/h5-23,28,38-41,50H,3-4,24-27,29-31H2,1-2H3,(H2,49,58)(H,51,62)(H,52,56)(H,53,59)(H,54,60)/t38-,39-,40-,41-/m0/s1. The van der Waals surface area contributed by atoms with E-state index in [0.717, 1.165) is 16.5 Å². The van der Waals surface area contributed by atoms with Crippen molar-refractivity contribution in [1.29, 1.82) is 0 Å². The number of hydrogen-bond donors (Lipinski definition) is 6. The third-order valence-corrected chi connectivity index (χ3v) is 10.5. The largest absolute Gasteiger partial charge is 0.461 e. The van der Waals surface area contributed by atoms with E-state index in [1.54, 1.807) is 85.1 Å². The number of amides is 6. The number of aromatic amines is 1. The molecule has 1 heterocycles. The number of rotatable bonds is 23. The van der Waals surface area contributed by atoms with E-state index in [4.69, 9.17) is 15.2 Å². The van der Waals surface area contributed by atoms with Crippen LogP contribution in [0.2, 0.25) is 0 Å². The summed E-state index contributed by atoms with van der Waals surface area (Å²) in [6.07, 6.45) is 1.62. The van der Waals surface area contributed by atoms with E-state index < -0.39 is 78.7 Å². The van der Waals surface area contributed by atoms with Crippen LogP contribution in [0.15, 0.2) is 121 Å². The number of unbranched alkanes of at least 4 members (excludes halogenated alkanes) is 1. The third kappa shape index (κ3) is 14.6. The Morgan fingerprint density at radius 1 is 0.672 bits per heavy atom. The van der Waals surface area contributed by atoms with E-state index in [2.05, 4.69) is 26.3 Å². The van der Waals surface area contributed by atoms with Gasteiger partial charge in [0.1, 0.15) is 43.9 Å². The van der Waals surface area contributed by atoms with Crippen LogP contribution in [0.1, 0.15) is 54.9 Å². The van der Waals surface area contributed by atoms with Crippen molar-refractivity contribution in [3.8, 4) is 0 Å². The second kappa shape index (κ2) is 24.2. The number of primary amides is 1. The maximum absolute atomic E-state index is 14.6. The highest BCUT2D eigenvalue weighted by molar-refractivity contribution is 5.97. The first-order chi connectivity index (χ1) is 30.9. The zero-order valence-electron chi connectivity index (χ0n) is 35.9. The number of nitrogens with one attached hydrogen (secondary N) is 5. The van der Waals surface area contributed by atoms with Crippen molar-refractivity contribution < 1.29 is 43.0 Å². The van der Waals surface area contributed by atoms with Crippen LogP contribution in [0.25, 0.3) is 10.9 Å².